The number of aliphatic hydroxyl groups is 1. The number of aliphatic hydroxyl groups excluding tert-OH is 1. The van der Waals surface area contributed by atoms with Crippen LogP contribution in [-0.4, -0.2) is 29.7 Å². The van der Waals surface area contributed by atoms with Crippen LogP contribution in [-0.2, 0) is 0 Å². The average Bonchev–Trinajstić information content (AvgIpc) is 2.47. The Bertz CT molecular complexity index is 511. The van der Waals surface area contributed by atoms with Crippen molar-refractivity contribution in [2.45, 2.75) is 33.1 Å². The molecule has 0 aromatic heterocycles. The molecule has 116 valence electrons. The highest BCUT2D eigenvalue weighted by atomic mass is 35.5. The fourth-order valence-electron chi connectivity index (χ4n) is 3.05. The molecule has 1 N–H and O–H groups in total. The molecule has 1 aromatic carbocycles. The van der Waals surface area contributed by atoms with Crippen LogP contribution in [0.15, 0.2) is 12.1 Å². The molecule has 0 atom stereocenters. The quantitative estimate of drug-likeness (QED) is 0.682. The van der Waals surface area contributed by atoms with Gasteiger partial charge in [-0.15, -0.1) is 0 Å². The third-order valence-electron chi connectivity index (χ3n) is 4.68. The number of benzene rings is 1. The number of rotatable bonds is 4. The zero-order valence-electron chi connectivity index (χ0n) is 12.4. The molecule has 1 aromatic rings. The number of nitro groups is 1. The molecule has 1 aliphatic heterocycles. The van der Waals surface area contributed by atoms with E-state index < -0.39 is 4.92 Å². The number of piperidine rings is 1. The number of hydrogen-bond donors (Lipinski definition) is 1. The van der Waals surface area contributed by atoms with E-state index in [4.69, 9.17) is 11.6 Å². The summed E-state index contributed by atoms with van der Waals surface area (Å²) >= 11 is 6.26. The molecular formula is C15H21ClN2O3. The molecule has 0 amide bonds. The minimum Gasteiger partial charge on any atom is -0.396 e. The molecule has 0 unspecified atom stereocenters. The Hall–Kier alpha value is -1.33. The molecule has 0 bridgehead atoms. The van der Waals surface area contributed by atoms with Gasteiger partial charge in [-0.25, -0.2) is 0 Å². The Morgan fingerprint density at radius 3 is 2.48 bits per heavy atom. The Labute approximate surface area is 129 Å². The third-order valence-corrected chi connectivity index (χ3v) is 4.96. The zero-order valence-corrected chi connectivity index (χ0v) is 13.2. The molecule has 6 heteroatoms. The van der Waals surface area contributed by atoms with E-state index >= 15 is 0 Å². The topological polar surface area (TPSA) is 66.6 Å². The van der Waals surface area contributed by atoms with Gasteiger partial charge in [-0.05, 0) is 37.2 Å². The SMILES string of the molecule is CCC1(CO)CCN(c2c(C)cc([N+](=O)[O-])cc2Cl)CC1. The second-order valence-corrected chi connectivity index (χ2v) is 6.26. The van der Waals surface area contributed by atoms with Crippen molar-refractivity contribution in [1.29, 1.82) is 0 Å². The van der Waals surface area contributed by atoms with Gasteiger partial charge in [-0.2, -0.15) is 0 Å². The minimum absolute atomic E-state index is 0.0116. The number of non-ortho nitro benzene ring substituents is 1. The van der Waals surface area contributed by atoms with Crippen LogP contribution < -0.4 is 4.90 Å². The lowest BCUT2D eigenvalue weighted by molar-refractivity contribution is -0.384. The molecule has 0 spiro atoms. The second-order valence-electron chi connectivity index (χ2n) is 5.85. The first-order valence-corrected chi connectivity index (χ1v) is 7.60. The highest BCUT2D eigenvalue weighted by Gasteiger charge is 2.33. The summed E-state index contributed by atoms with van der Waals surface area (Å²) in [4.78, 5) is 12.6. The Kier molecular flexibility index (Phi) is 4.74. The van der Waals surface area contributed by atoms with Gasteiger partial charge >= 0.3 is 0 Å². The molecule has 1 heterocycles. The average molecular weight is 313 g/mol. The minimum atomic E-state index is -0.424. The zero-order chi connectivity index (χ0) is 15.6. The summed E-state index contributed by atoms with van der Waals surface area (Å²) < 4.78 is 0. The first-order chi connectivity index (χ1) is 9.92. The number of nitrogens with zero attached hydrogens (tertiary/aromatic N) is 2. The van der Waals surface area contributed by atoms with Crippen LogP contribution in [0.25, 0.3) is 0 Å². The lowest BCUT2D eigenvalue weighted by atomic mass is 9.77. The van der Waals surface area contributed by atoms with Gasteiger partial charge in [-0.3, -0.25) is 10.1 Å². The van der Waals surface area contributed by atoms with E-state index in [9.17, 15) is 15.2 Å². The van der Waals surface area contributed by atoms with Gasteiger partial charge in [0.2, 0.25) is 0 Å². The van der Waals surface area contributed by atoms with Crippen LogP contribution in [0.2, 0.25) is 5.02 Å². The van der Waals surface area contributed by atoms with E-state index in [2.05, 4.69) is 11.8 Å². The van der Waals surface area contributed by atoms with Gasteiger partial charge in [0.15, 0.2) is 0 Å². The van der Waals surface area contributed by atoms with Crippen molar-refractivity contribution >= 4 is 23.0 Å². The molecule has 0 aliphatic carbocycles. The second kappa shape index (κ2) is 6.20. The lowest BCUT2D eigenvalue weighted by Gasteiger charge is -2.41. The number of anilines is 1. The summed E-state index contributed by atoms with van der Waals surface area (Å²) in [7, 11) is 0. The van der Waals surface area contributed by atoms with E-state index in [1.54, 1.807) is 6.07 Å². The highest BCUT2D eigenvalue weighted by Crippen LogP contribution is 2.40. The Balaban J connectivity index is 2.23. The maximum atomic E-state index is 10.9. The van der Waals surface area contributed by atoms with Gasteiger partial charge in [0, 0.05) is 31.8 Å². The van der Waals surface area contributed by atoms with E-state index in [0.29, 0.717) is 5.02 Å². The van der Waals surface area contributed by atoms with Crippen molar-refractivity contribution in [3.05, 3.63) is 32.8 Å². The van der Waals surface area contributed by atoms with E-state index in [1.807, 2.05) is 6.92 Å². The van der Waals surface area contributed by atoms with Crippen LogP contribution in [0.4, 0.5) is 11.4 Å². The first-order valence-electron chi connectivity index (χ1n) is 7.23. The van der Waals surface area contributed by atoms with Gasteiger partial charge < -0.3 is 10.0 Å². The fraction of sp³-hybridized carbons (Fsp3) is 0.600. The molecule has 21 heavy (non-hydrogen) atoms. The molecule has 2 rings (SSSR count). The van der Waals surface area contributed by atoms with Crippen LogP contribution in [0.3, 0.4) is 0 Å². The van der Waals surface area contributed by atoms with Crippen molar-refractivity contribution in [2.24, 2.45) is 5.41 Å². The maximum Gasteiger partial charge on any atom is 0.271 e. The standard InChI is InChI=1S/C15H21ClN2O3/c1-3-15(10-19)4-6-17(7-5-15)14-11(2)8-12(18(20)21)9-13(14)16/h8-9,19H,3-7,10H2,1-2H3. The largest absolute Gasteiger partial charge is 0.396 e. The van der Waals surface area contributed by atoms with Crippen LogP contribution in [0, 0.1) is 22.5 Å². The van der Waals surface area contributed by atoms with Gasteiger partial charge in [0.05, 0.1) is 15.6 Å². The highest BCUT2D eigenvalue weighted by molar-refractivity contribution is 6.33. The first kappa shape index (κ1) is 16.0. The number of halogens is 1. The predicted octanol–water partition coefficient (Wildman–Crippen LogP) is 3.55. The maximum absolute atomic E-state index is 10.9. The van der Waals surface area contributed by atoms with Gasteiger partial charge in [-0.1, -0.05) is 18.5 Å². The summed E-state index contributed by atoms with van der Waals surface area (Å²) in [5.74, 6) is 0. The normalized spacial score (nSPS) is 17.8. The summed E-state index contributed by atoms with van der Waals surface area (Å²) in [6, 6.07) is 2.98. The number of hydrogen-bond acceptors (Lipinski definition) is 4. The monoisotopic (exact) mass is 312 g/mol. The molecule has 0 radical (unpaired) electrons. The summed E-state index contributed by atoms with van der Waals surface area (Å²) in [6.45, 7) is 5.79. The van der Waals surface area contributed by atoms with Crippen molar-refractivity contribution in [1.82, 2.24) is 0 Å². The van der Waals surface area contributed by atoms with Crippen molar-refractivity contribution in [2.75, 3.05) is 24.6 Å². The Morgan fingerprint density at radius 1 is 1.43 bits per heavy atom. The van der Waals surface area contributed by atoms with Crippen LogP contribution in [0.5, 0.6) is 0 Å². The van der Waals surface area contributed by atoms with E-state index in [-0.39, 0.29) is 17.7 Å². The Morgan fingerprint density at radius 2 is 2.05 bits per heavy atom. The lowest BCUT2D eigenvalue weighted by Crippen LogP contribution is -2.42. The molecule has 0 saturated carbocycles. The molecular weight excluding hydrogens is 292 g/mol. The van der Waals surface area contributed by atoms with Gasteiger partial charge in [0.25, 0.3) is 5.69 Å². The van der Waals surface area contributed by atoms with Gasteiger partial charge in [0.1, 0.15) is 0 Å². The summed E-state index contributed by atoms with van der Waals surface area (Å²) in [5.41, 5.74) is 1.74. The van der Waals surface area contributed by atoms with Crippen molar-refractivity contribution in [3.63, 3.8) is 0 Å². The molecule has 1 saturated heterocycles. The van der Waals surface area contributed by atoms with Crippen LogP contribution >= 0.6 is 11.6 Å². The third kappa shape index (κ3) is 3.14. The smallest absolute Gasteiger partial charge is 0.271 e. The number of nitro benzene ring substituents is 1. The fourth-order valence-corrected chi connectivity index (χ4v) is 3.43. The summed E-state index contributed by atoms with van der Waals surface area (Å²) in [6.07, 6.45) is 2.78. The van der Waals surface area contributed by atoms with E-state index in [1.165, 1.54) is 6.07 Å². The van der Waals surface area contributed by atoms with Crippen molar-refractivity contribution in [3.8, 4) is 0 Å². The summed E-state index contributed by atoms with van der Waals surface area (Å²) in [5, 5.41) is 20.9. The van der Waals surface area contributed by atoms with Crippen molar-refractivity contribution < 1.29 is 10.0 Å². The van der Waals surface area contributed by atoms with E-state index in [0.717, 1.165) is 43.6 Å². The molecule has 5 nitrogen and oxygen atoms in total. The van der Waals surface area contributed by atoms with Crippen LogP contribution in [0.1, 0.15) is 31.7 Å². The number of aryl methyl sites for hydroxylation is 1. The molecule has 1 fully saturated rings. The predicted molar refractivity (Wildman–Crippen MR) is 84.1 cm³/mol. The molecule has 1 aliphatic rings.